The van der Waals surface area contributed by atoms with Crippen LogP contribution in [0, 0.1) is 11.3 Å². The number of hydrogen-bond acceptors (Lipinski definition) is 3. The molecule has 0 bridgehead atoms. The lowest BCUT2D eigenvalue weighted by Gasteiger charge is -2.33. The molecule has 1 amide bonds. The molecular formula is C19H23NO3. The summed E-state index contributed by atoms with van der Waals surface area (Å²) in [5, 5.41) is 0. The fourth-order valence-electron chi connectivity index (χ4n) is 3.88. The highest BCUT2D eigenvalue weighted by Gasteiger charge is 2.42. The van der Waals surface area contributed by atoms with E-state index in [4.69, 9.17) is 0 Å². The number of para-hydroxylation sites is 1. The number of carbonyl (C=O) groups excluding carboxylic acids is 3. The van der Waals surface area contributed by atoms with E-state index in [9.17, 15) is 14.4 Å². The molecule has 1 aliphatic carbocycles. The summed E-state index contributed by atoms with van der Waals surface area (Å²) in [4.78, 5) is 39.1. The smallest absolute Gasteiger partial charge is 0.228 e. The number of carbonyl (C=O) groups is 3. The van der Waals surface area contributed by atoms with Gasteiger partial charge < -0.3 is 4.90 Å². The zero-order valence-electron chi connectivity index (χ0n) is 14.0. The molecule has 2 aliphatic rings. The first-order chi connectivity index (χ1) is 10.8. The standard InChI is InChI=1S/C19H23NO3/c1-12-8-13-6-4-5-7-15(13)20(12)18(23)9-14-16(21)10-19(2,3)11-17(14)22/h4-7,12,14H,8-11H2,1-3H3. The van der Waals surface area contributed by atoms with E-state index in [0.717, 1.165) is 17.7 Å². The molecule has 0 N–H and O–H groups in total. The molecule has 0 saturated heterocycles. The number of Topliss-reactive ketones (excluding diaryl/α,β-unsaturated/α-hetero) is 2. The Morgan fingerprint density at radius 1 is 1.17 bits per heavy atom. The molecule has 4 heteroatoms. The van der Waals surface area contributed by atoms with E-state index in [0.29, 0.717) is 12.8 Å². The topological polar surface area (TPSA) is 54.5 Å². The summed E-state index contributed by atoms with van der Waals surface area (Å²) in [6.07, 6.45) is 1.58. The van der Waals surface area contributed by atoms with Gasteiger partial charge in [-0.05, 0) is 30.4 Å². The van der Waals surface area contributed by atoms with E-state index in [1.165, 1.54) is 0 Å². The lowest BCUT2D eigenvalue weighted by molar-refractivity contribution is -0.142. The quantitative estimate of drug-likeness (QED) is 0.789. The van der Waals surface area contributed by atoms with Gasteiger partial charge in [-0.3, -0.25) is 14.4 Å². The summed E-state index contributed by atoms with van der Waals surface area (Å²) in [5.41, 5.74) is 1.79. The maximum Gasteiger partial charge on any atom is 0.228 e. The third kappa shape index (κ3) is 2.94. The SMILES string of the molecule is CC1Cc2ccccc2N1C(=O)CC1C(=O)CC(C)(C)CC1=O. The molecule has 1 unspecified atom stereocenters. The molecule has 1 saturated carbocycles. The fourth-order valence-corrected chi connectivity index (χ4v) is 3.88. The van der Waals surface area contributed by atoms with Gasteiger partial charge in [0.25, 0.3) is 0 Å². The van der Waals surface area contributed by atoms with Crippen LogP contribution in [0.15, 0.2) is 24.3 Å². The van der Waals surface area contributed by atoms with Crippen LogP contribution in [0.4, 0.5) is 5.69 Å². The first-order valence-corrected chi connectivity index (χ1v) is 8.24. The van der Waals surface area contributed by atoms with Gasteiger partial charge in [-0.2, -0.15) is 0 Å². The van der Waals surface area contributed by atoms with Crippen molar-refractivity contribution in [1.29, 1.82) is 0 Å². The highest BCUT2D eigenvalue weighted by Crippen LogP contribution is 2.37. The molecule has 1 aliphatic heterocycles. The third-order valence-corrected chi connectivity index (χ3v) is 4.94. The molecule has 122 valence electrons. The van der Waals surface area contributed by atoms with Crippen molar-refractivity contribution in [3.05, 3.63) is 29.8 Å². The minimum atomic E-state index is -0.754. The Kier molecular flexibility index (Phi) is 3.86. The molecule has 0 aromatic heterocycles. The largest absolute Gasteiger partial charge is 0.309 e. The van der Waals surface area contributed by atoms with E-state index >= 15 is 0 Å². The van der Waals surface area contributed by atoms with Crippen LogP contribution >= 0.6 is 0 Å². The maximum atomic E-state index is 12.8. The molecule has 1 heterocycles. The Hall–Kier alpha value is -1.97. The van der Waals surface area contributed by atoms with Crippen molar-refractivity contribution in [3.63, 3.8) is 0 Å². The van der Waals surface area contributed by atoms with Gasteiger partial charge in [-0.25, -0.2) is 0 Å². The molecular weight excluding hydrogens is 290 g/mol. The number of amides is 1. The molecule has 4 nitrogen and oxygen atoms in total. The van der Waals surface area contributed by atoms with Gasteiger partial charge in [0.15, 0.2) is 0 Å². The van der Waals surface area contributed by atoms with Crippen molar-refractivity contribution in [3.8, 4) is 0 Å². The van der Waals surface area contributed by atoms with E-state index < -0.39 is 5.92 Å². The lowest BCUT2D eigenvalue weighted by atomic mass is 9.70. The van der Waals surface area contributed by atoms with Crippen molar-refractivity contribution in [2.75, 3.05) is 4.90 Å². The Labute approximate surface area is 136 Å². The first kappa shape index (κ1) is 15.9. The van der Waals surface area contributed by atoms with E-state index in [1.807, 2.05) is 45.0 Å². The van der Waals surface area contributed by atoms with Crippen LogP contribution < -0.4 is 4.90 Å². The van der Waals surface area contributed by atoms with Gasteiger partial charge in [0.1, 0.15) is 11.6 Å². The van der Waals surface area contributed by atoms with Crippen LogP contribution in [0.25, 0.3) is 0 Å². The highest BCUT2D eigenvalue weighted by atomic mass is 16.2. The Bertz CT molecular complexity index is 657. The van der Waals surface area contributed by atoms with Crippen LogP contribution in [-0.4, -0.2) is 23.5 Å². The van der Waals surface area contributed by atoms with Gasteiger partial charge >= 0.3 is 0 Å². The predicted octanol–water partition coefficient (Wildman–Crippen LogP) is 2.93. The van der Waals surface area contributed by atoms with Crippen LogP contribution in [0.3, 0.4) is 0 Å². The lowest BCUT2D eigenvalue weighted by Crippen LogP contribution is -2.43. The molecule has 0 radical (unpaired) electrons. The number of rotatable bonds is 2. The molecule has 1 aromatic rings. The van der Waals surface area contributed by atoms with Crippen molar-refractivity contribution < 1.29 is 14.4 Å². The molecule has 0 spiro atoms. The van der Waals surface area contributed by atoms with Gasteiger partial charge in [-0.1, -0.05) is 32.0 Å². The number of anilines is 1. The van der Waals surface area contributed by atoms with Crippen LogP contribution in [0.5, 0.6) is 0 Å². The van der Waals surface area contributed by atoms with Crippen LogP contribution in [-0.2, 0) is 20.8 Å². The minimum absolute atomic E-state index is 0.00637. The second-order valence-electron chi connectivity index (χ2n) is 7.65. The number of fused-ring (bicyclic) bond motifs is 1. The summed E-state index contributed by atoms with van der Waals surface area (Å²) >= 11 is 0. The second-order valence-corrected chi connectivity index (χ2v) is 7.65. The number of benzene rings is 1. The van der Waals surface area contributed by atoms with Crippen molar-refractivity contribution in [2.24, 2.45) is 11.3 Å². The summed E-state index contributed by atoms with van der Waals surface area (Å²) in [6.45, 7) is 5.87. The molecule has 1 aromatic carbocycles. The normalized spacial score (nSPS) is 24.0. The molecule has 3 rings (SSSR count). The monoisotopic (exact) mass is 313 g/mol. The van der Waals surface area contributed by atoms with E-state index in [-0.39, 0.29) is 35.4 Å². The highest BCUT2D eigenvalue weighted by molar-refractivity contribution is 6.09. The fraction of sp³-hybridized carbons (Fsp3) is 0.526. The molecule has 23 heavy (non-hydrogen) atoms. The van der Waals surface area contributed by atoms with Crippen molar-refractivity contribution in [2.45, 2.75) is 52.5 Å². The summed E-state index contributed by atoms with van der Waals surface area (Å²) < 4.78 is 0. The minimum Gasteiger partial charge on any atom is -0.309 e. The zero-order chi connectivity index (χ0) is 16.8. The van der Waals surface area contributed by atoms with Gasteiger partial charge in [-0.15, -0.1) is 0 Å². The summed E-state index contributed by atoms with van der Waals surface area (Å²) in [6, 6.07) is 7.92. The van der Waals surface area contributed by atoms with Crippen LogP contribution in [0.2, 0.25) is 0 Å². The Morgan fingerprint density at radius 2 is 1.78 bits per heavy atom. The summed E-state index contributed by atoms with van der Waals surface area (Å²) in [5.74, 6) is -1.04. The first-order valence-electron chi connectivity index (χ1n) is 8.24. The Balaban J connectivity index is 1.78. The molecule has 1 fully saturated rings. The maximum absolute atomic E-state index is 12.8. The average Bonchev–Trinajstić information content (AvgIpc) is 2.77. The second kappa shape index (κ2) is 5.59. The summed E-state index contributed by atoms with van der Waals surface area (Å²) in [7, 11) is 0. The zero-order valence-corrected chi connectivity index (χ0v) is 14.0. The molecule has 1 atom stereocenters. The van der Waals surface area contributed by atoms with Crippen LogP contribution in [0.1, 0.15) is 45.6 Å². The number of nitrogens with zero attached hydrogens (tertiary/aromatic N) is 1. The Morgan fingerprint density at radius 3 is 2.43 bits per heavy atom. The van der Waals surface area contributed by atoms with Gasteiger partial charge in [0.05, 0.1) is 5.92 Å². The van der Waals surface area contributed by atoms with Gasteiger partial charge in [0, 0.05) is 31.0 Å². The van der Waals surface area contributed by atoms with E-state index in [2.05, 4.69) is 0 Å². The van der Waals surface area contributed by atoms with E-state index in [1.54, 1.807) is 4.90 Å². The average molecular weight is 313 g/mol. The predicted molar refractivity (Wildman–Crippen MR) is 88.2 cm³/mol. The number of hydrogen-bond donors (Lipinski definition) is 0. The van der Waals surface area contributed by atoms with Gasteiger partial charge in [0.2, 0.25) is 5.91 Å². The van der Waals surface area contributed by atoms with Crippen molar-refractivity contribution >= 4 is 23.2 Å². The number of ketones is 2. The third-order valence-electron chi connectivity index (χ3n) is 4.94. The van der Waals surface area contributed by atoms with Crippen molar-refractivity contribution in [1.82, 2.24) is 0 Å².